The van der Waals surface area contributed by atoms with Crippen LogP contribution in [0.5, 0.6) is 0 Å². The number of aryl methyl sites for hydroxylation is 1. The monoisotopic (exact) mass is 390 g/mol. The van der Waals surface area contributed by atoms with E-state index in [0.29, 0.717) is 23.8 Å². The maximum Gasteiger partial charge on any atom is 0.255 e. The van der Waals surface area contributed by atoms with Crippen molar-refractivity contribution >= 4 is 23.6 Å². The van der Waals surface area contributed by atoms with E-state index in [0.717, 1.165) is 24.8 Å². The Morgan fingerprint density at radius 2 is 1.96 bits per heavy atom. The average molecular weight is 391 g/mol. The Bertz CT molecular complexity index is 632. The Balaban J connectivity index is 2.11. The van der Waals surface area contributed by atoms with E-state index in [-0.39, 0.29) is 23.2 Å². The van der Waals surface area contributed by atoms with Gasteiger partial charge in [-0.05, 0) is 37.3 Å². The minimum Gasteiger partial charge on any atom is -0.354 e. The summed E-state index contributed by atoms with van der Waals surface area (Å²) in [6.07, 6.45) is 5.42. The number of hydrogen-bond donors (Lipinski definition) is 1. The molecule has 0 spiro atoms. The topological polar surface area (TPSA) is 49.4 Å². The highest BCUT2D eigenvalue weighted by Crippen LogP contribution is 2.35. The molecule has 1 fully saturated rings. The highest BCUT2D eigenvalue weighted by molar-refractivity contribution is 8.00. The number of rotatable bonds is 9. The summed E-state index contributed by atoms with van der Waals surface area (Å²) >= 11 is 1.74. The Morgan fingerprint density at radius 3 is 2.63 bits per heavy atom. The van der Waals surface area contributed by atoms with E-state index in [4.69, 9.17) is 0 Å². The summed E-state index contributed by atoms with van der Waals surface area (Å²) < 4.78 is 0. The van der Waals surface area contributed by atoms with Crippen LogP contribution in [-0.4, -0.2) is 40.4 Å². The minimum absolute atomic E-state index is 0.00723. The second kappa shape index (κ2) is 10.7. The number of amides is 2. The van der Waals surface area contributed by atoms with E-state index in [2.05, 4.69) is 26.1 Å². The molecule has 5 heteroatoms. The van der Waals surface area contributed by atoms with E-state index in [1.807, 2.05) is 36.1 Å². The van der Waals surface area contributed by atoms with Crippen LogP contribution in [0.15, 0.2) is 24.3 Å². The van der Waals surface area contributed by atoms with Gasteiger partial charge in [-0.3, -0.25) is 9.59 Å². The lowest BCUT2D eigenvalue weighted by atomic mass is 10.0. The molecule has 1 heterocycles. The third-order valence-electron chi connectivity index (χ3n) is 5.01. The van der Waals surface area contributed by atoms with E-state index in [1.54, 1.807) is 11.8 Å². The van der Waals surface area contributed by atoms with E-state index < -0.39 is 0 Å². The highest BCUT2D eigenvalue weighted by Gasteiger charge is 2.42. The lowest BCUT2D eigenvalue weighted by molar-refractivity contribution is -0.124. The molecule has 0 radical (unpaired) electrons. The Kier molecular flexibility index (Phi) is 8.68. The number of carbonyl (C=O) groups is 2. The van der Waals surface area contributed by atoms with Crippen molar-refractivity contribution in [2.75, 3.05) is 12.3 Å². The molecule has 1 aliphatic heterocycles. The van der Waals surface area contributed by atoms with E-state index in [9.17, 15) is 9.59 Å². The minimum atomic E-state index is -0.378. The van der Waals surface area contributed by atoms with Crippen molar-refractivity contribution in [1.82, 2.24) is 10.2 Å². The molecule has 0 aromatic heterocycles. The van der Waals surface area contributed by atoms with Gasteiger partial charge < -0.3 is 10.2 Å². The molecule has 0 aliphatic carbocycles. The van der Waals surface area contributed by atoms with Crippen molar-refractivity contribution < 1.29 is 9.59 Å². The Hall–Kier alpha value is -1.49. The fourth-order valence-corrected chi connectivity index (χ4v) is 5.10. The highest BCUT2D eigenvalue weighted by atomic mass is 32.2. The smallest absolute Gasteiger partial charge is 0.255 e. The van der Waals surface area contributed by atoms with Crippen molar-refractivity contribution in [2.24, 2.45) is 5.92 Å². The van der Waals surface area contributed by atoms with Crippen LogP contribution in [0, 0.1) is 12.8 Å². The molecule has 150 valence electrons. The van der Waals surface area contributed by atoms with Gasteiger partial charge in [-0.2, -0.15) is 0 Å². The number of benzene rings is 1. The van der Waals surface area contributed by atoms with Gasteiger partial charge in [0.05, 0.1) is 5.37 Å². The number of thioether (sulfide) groups is 1. The van der Waals surface area contributed by atoms with Crippen LogP contribution in [0.2, 0.25) is 0 Å². The molecule has 1 saturated heterocycles. The van der Waals surface area contributed by atoms with Gasteiger partial charge in [0.25, 0.3) is 5.91 Å². The molecule has 1 N–H and O–H groups in total. The first kappa shape index (κ1) is 21.8. The lowest BCUT2D eigenvalue weighted by Gasteiger charge is -2.30. The number of nitrogens with one attached hydrogen (secondary N) is 1. The fourth-order valence-electron chi connectivity index (χ4n) is 3.46. The second-order valence-electron chi connectivity index (χ2n) is 7.81. The van der Waals surface area contributed by atoms with Gasteiger partial charge in [0.2, 0.25) is 5.91 Å². The van der Waals surface area contributed by atoms with E-state index >= 15 is 0 Å². The number of unbranched alkanes of at least 4 members (excludes halogenated alkanes) is 3. The third-order valence-corrected chi connectivity index (χ3v) is 6.32. The van der Waals surface area contributed by atoms with Gasteiger partial charge in [-0.15, -0.1) is 11.8 Å². The first-order valence-corrected chi connectivity index (χ1v) is 11.3. The zero-order valence-corrected chi connectivity index (χ0v) is 18.0. The number of carbonyl (C=O) groups excluding carboxylic acids is 2. The van der Waals surface area contributed by atoms with Gasteiger partial charge in [0, 0.05) is 17.9 Å². The predicted octanol–water partition coefficient (Wildman–Crippen LogP) is 4.62. The van der Waals surface area contributed by atoms with E-state index in [1.165, 1.54) is 12.8 Å². The lowest BCUT2D eigenvalue weighted by Crippen LogP contribution is -2.50. The molecule has 1 aliphatic rings. The predicted molar refractivity (Wildman–Crippen MR) is 114 cm³/mol. The van der Waals surface area contributed by atoms with Crippen molar-refractivity contribution in [3.05, 3.63) is 35.4 Å². The van der Waals surface area contributed by atoms with Crippen LogP contribution in [0.1, 0.15) is 68.8 Å². The first-order chi connectivity index (χ1) is 13.0. The maximum absolute atomic E-state index is 13.3. The summed E-state index contributed by atoms with van der Waals surface area (Å²) in [5.74, 6) is 1.13. The average Bonchev–Trinajstić information content (AvgIpc) is 3.04. The van der Waals surface area contributed by atoms with Crippen LogP contribution < -0.4 is 5.32 Å². The normalized spacial score (nSPS) is 19.5. The van der Waals surface area contributed by atoms with Crippen LogP contribution in [0.25, 0.3) is 0 Å². The summed E-state index contributed by atoms with van der Waals surface area (Å²) in [7, 11) is 0. The summed E-state index contributed by atoms with van der Waals surface area (Å²) in [6, 6.07) is 7.28. The van der Waals surface area contributed by atoms with Gasteiger partial charge in [-0.25, -0.2) is 0 Å². The first-order valence-electron chi connectivity index (χ1n) is 10.2. The van der Waals surface area contributed by atoms with Crippen LogP contribution in [0.3, 0.4) is 0 Å². The Morgan fingerprint density at radius 1 is 1.22 bits per heavy atom. The van der Waals surface area contributed by atoms with Crippen LogP contribution in [0.4, 0.5) is 0 Å². The van der Waals surface area contributed by atoms with Crippen molar-refractivity contribution in [3.63, 3.8) is 0 Å². The summed E-state index contributed by atoms with van der Waals surface area (Å²) in [6.45, 7) is 9.16. The molecular formula is C22H34N2O2S. The van der Waals surface area contributed by atoms with Gasteiger partial charge in [0.15, 0.2) is 0 Å². The Labute approximate surface area is 168 Å². The second-order valence-corrected chi connectivity index (χ2v) is 9.02. The molecule has 2 amide bonds. The molecule has 2 rings (SSSR count). The largest absolute Gasteiger partial charge is 0.354 e. The van der Waals surface area contributed by atoms with Crippen molar-refractivity contribution in [2.45, 2.75) is 71.2 Å². The van der Waals surface area contributed by atoms with Crippen molar-refractivity contribution in [3.8, 4) is 0 Å². The molecule has 0 bridgehead atoms. The summed E-state index contributed by atoms with van der Waals surface area (Å²) in [5.41, 5.74) is 1.66. The van der Waals surface area contributed by atoms with Gasteiger partial charge in [-0.1, -0.05) is 58.2 Å². The molecule has 2 unspecified atom stereocenters. The zero-order valence-electron chi connectivity index (χ0n) is 17.2. The molecule has 2 atom stereocenters. The molecule has 0 saturated carbocycles. The van der Waals surface area contributed by atoms with Gasteiger partial charge >= 0.3 is 0 Å². The summed E-state index contributed by atoms with van der Waals surface area (Å²) in [5, 5.41) is 3.13. The van der Waals surface area contributed by atoms with Crippen LogP contribution >= 0.6 is 11.8 Å². The number of nitrogens with zero attached hydrogens (tertiary/aromatic N) is 1. The molecule has 1 aromatic rings. The van der Waals surface area contributed by atoms with Crippen molar-refractivity contribution in [1.29, 1.82) is 0 Å². The third kappa shape index (κ3) is 6.00. The summed E-state index contributed by atoms with van der Waals surface area (Å²) in [4.78, 5) is 28.0. The molecule has 4 nitrogen and oxygen atoms in total. The standard InChI is InChI=1S/C22H34N2O2S/c1-5-6-7-10-13-23-21(25)19-15-27-20(14-16(2)3)24(19)22(26)18-12-9-8-11-17(18)4/h8-9,11-12,16,19-20H,5-7,10,13-15H2,1-4H3,(H,23,25). The van der Waals surface area contributed by atoms with Gasteiger partial charge in [0.1, 0.15) is 6.04 Å². The zero-order chi connectivity index (χ0) is 19.8. The maximum atomic E-state index is 13.3. The molecule has 1 aromatic carbocycles. The molecular weight excluding hydrogens is 356 g/mol. The fraction of sp³-hybridized carbons (Fsp3) is 0.636. The molecule has 27 heavy (non-hydrogen) atoms. The van der Waals surface area contributed by atoms with Crippen LogP contribution in [-0.2, 0) is 4.79 Å². The quantitative estimate of drug-likeness (QED) is 0.626. The number of hydrogen-bond acceptors (Lipinski definition) is 3. The SMILES string of the molecule is CCCCCCNC(=O)C1CSC(CC(C)C)N1C(=O)c1ccccc1C.